The molecule has 1 aliphatic carbocycles. The molecule has 0 radical (unpaired) electrons. The summed E-state index contributed by atoms with van der Waals surface area (Å²) in [4.78, 5) is 0. The summed E-state index contributed by atoms with van der Waals surface area (Å²) in [5.41, 5.74) is 0. The highest BCUT2D eigenvalue weighted by atomic mass is 14.9. The molecule has 1 heteroatoms. The summed E-state index contributed by atoms with van der Waals surface area (Å²) in [6, 6.07) is 0.888. The Balaban J connectivity index is 1.97. The highest BCUT2D eigenvalue weighted by Gasteiger charge is 2.21. The lowest BCUT2D eigenvalue weighted by Crippen LogP contribution is -2.24. The Labute approximate surface area is 102 Å². The van der Waals surface area contributed by atoms with Gasteiger partial charge in [-0.05, 0) is 38.1 Å². The largest absolute Gasteiger partial charge is 0.314 e. The predicted molar refractivity (Wildman–Crippen MR) is 72.8 cm³/mol. The van der Waals surface area contributed by atoms with Gasteiger partial charge in [-0.1, -0.05) is 52.4 Å². The molecule has 1 saturated carbocycles. The maximum absolute atomic E-state index is 3.69. The fraction of sp³-hybridized carbons (Fsp3) is 1.00. The molecule has 1 rings (SSSR count). The first-order chi connectivity index (χ1) is 7.86. The van der Waals surface area contributed by atoms with E-state index in [4.69, 9.17) is 0 Å². The second-order valence-electron chi connectivity index (χ2n) is 5.54. The molecule has 1 N–H and O–H groups in total. The summed E-state index contributed by atoms with van der Waals surface area (Å²) < 4.78 is 0. The second kappa shape index (κ2) is 9.04. The van der Waals surface area contributed by atoms with Crippen LogP contribution in [0.15, 0.2) is 0 Å². The highest BCUT2D eigenvalue weighted by Crippen LogP contribution is 2.21. The van der Waals surface area contributed by atoms with Gasteiger partial charge in [-0.15, -0.1) is 0 Å². The summed E-state index contributed by atoms with van der Waals surface area (Å²) in [5.74, 6) is 0.951. The molecule has 0 heterocycles. The van der Waals surface area contributed by atoms with Crippen LogP contribution < -0.4 is 5.32 Å². The summed E-state index contributed by atoms with van der Waals surface area (Å²) >= 11 is 0. The lowest BCUT2D eigenvalue weighted by Gasteiger charge is -2.16. The van der Waals surface area contributed by atoms with Crippen LogP contribution in [0.4, 0.5) is 0 Å². The van der Waals surface area contributed by atoms with Crippen molar-refractivity contribution in [1.29, 1.82) is 0 Å². The molecule has 0 spiro atoms. The smallest absolute Gasteiger partial charge is 0.00683 e. The Morgan fingerprint density at radius 3 is 2.31 bits per heavy atom. The molecule has 1 fully saturated rings. The topological polar surface area (TPSA) is 12.0 Å². The minimum atomic E-state index is 0.888. The molecular weight excluding hydrogens is 194 g/mol. The van der Waals surface area contributed by atoms with Crippen molar-refractivity contribution in [2.45, 2.75) is 84.1 Å². The van der Waals surface area contributed by atoms with Gasteiger partial charge in [0.2, 0.25) is 0 Å². The van der Waals surface area contributed by atoms with Crippen LogP contribution in [-0.4, -0.2) is 12.6 Å². The Kier molecular flexibility index (Phi) is 7.92. The van der Waals surface area contributed by atoms with Gasteiger partial charge in [0.25, 0.3) is 0 Å². The predicted octanol–water partition coefficient (Wildman–Crippen LogP) is 4.52. The molecule has 96 valence electrons. The third-order valence-electron chi connectivity index (χ3n) is 3.69. The monoisotopic (exact) mass is 225 g/mol. The van der Waals surface area contributed by atoms with E-state index in [9.17, 15) is 0 Å². The van der Waals surface area contributed by atoms with Crippen molar-refractivity contribution in [1.82, 2.24) is 5.32 Å². The van der Waals surface area contributed by atoms with Gasteiger partial charge < -0.3 is 5.32 Å². The molecule has 0 saturated heterocycles. The lowest BCUT2D eigenvalue weighted by molar-refractivity contribution is 0.394. The number of nitrogens with one attached hydrogen (secondary N) is 1. The standard InChI is InChI=1S/C15H31N/c1-3-5-6-7-8-10-14(9-4-2)13-16-15-11-12-15/h14-16H,3-13H2,1-2H3. The van der Waals surface area contributed by atoms with E-state index in [1.807, 2.05) is 0 Å². The fourth-order valence-corrected chi connectivity index (χ4v) is 2.41. The van der Waals surface area contributed by atoms with Gasteiger partial charge in [-0.25, -0.2) is 0 Å². The molecule has 0 bridgehead atoms. The zero-order valence-electron chi connectivity index (χ0n) is 11.4. The van der Waals surface area contributed by atoms with Crippen LogP contribution >= 0.6 is 0 Å². The van der Waals surface area contributed by atoms with E-state index in [1.54, 1.807) is 0 Å². The summed E-state index contributed by atoms with van der Waals surface area (Å²) in [7, 11) is 0. The Hall–Kier alpha value is -0.0400. The van der Waals surface area contributed by atoms with Gasteiger partial charge in [0.15, 0.2) is 0 Å². The Morgan fingerprint density at radius 2 is 1.69 bits per heavy atom. The molecule has 0 amide bonds. The van der Waals surface area contributed by atoms with Crippen LogP contribution in [0.2, 0.25) is 0 Å². The molecule has 0 aromatic rings. The lowest BCUT2D eigenvalue weighted by atomic mass is 9.96. The highest BCUT2D eigenvalue weighted by molar-refractivity contribution is 4.81. The maximum atomic E-state index is 3.69. The maximum Gasteiger partial charge on any atom is 0.00683 e. The van der Waals surface area contributed by atoms with E-state index in [0.717, 1.165) is 12.0 Å². The van der Waals surface area contributed by atoms with Crippen molar-refractivity contribution in [3.8, 4) is 0 Å². The van der Waals surface area contributed by atoms with Crippen LogP contribution in [0.1, 0.15) is 78.1 Å². The van der Waals surface area contributed by atoms with E-state index in [2.05, 4.69) is 19.2 Å². The summed E-state index contributed by atoms with van der Waals surface area (Å²) in [5, 5.41) is 3.69. The van der Waals surface area contributed by atoms with Crippen molar-refractivity contribution in [2.24, 2.45) is 5.92 Å². The van der Waals surface area contributed by atoms with Crippen LogP contribution in [-0.2, 0) is 0 Å². The third-order valence-corrected chi connectivity index (χ3v) is 3.69. The van der Waals surface area contributed by atoms with Crippen molar-refractivity contribution in [2.75, 3.05) is 6.54 Å². The van der Waals surface area contributed by atoms with Gasteiger partial charge >= 0.3 is 0 Å². The third kappa shape index (κ3) is 7.27. The van der Waals surface area contributed by atoms with E-state index < -0.39 is 0 Å². The minimum absolute atomic E-state index is 0.888. The number of hydrogen-bond donors (Lipinski definition) is 1. The van der Waals surface area contributed by atoms with Gasteiger partial charge in [0.1, 0.15) is 0 Å². The van der Waals surface area contributed by atoms with Gasteiger partial charge in [0.05, 0.1) is 0 Å². The molecule has 1 nitrogen and oxygen atoms in total. The first kappa shape index (κ1) is 14.0. The zero-order chi connectivity index (χ0) is 11.6. The van der Waals surface area contributed by atoms with E-state index in [-0.39, 0.29) is 0 Å². The summed E-state index contributed by atoms with van der Waals surface area (Å²) in [6.07, 6.45) is 14.2. The number of hydrogen-bond acceptors (Lipinski definition) is 1. The number of unbranched alkanes of at least 4 members (excludes halogenated alkanes) is 4. The Bertz CT molecular complexity index is 152. The molecule has 1 unspecified atom stereocenters. The Morgan fingerprint density at radius 1 is 0.938 bits per heavy atom. The van der Waals surface area contributed by atoms with Crippen molar-refractivity contribution >= 4 is 0 Å². The molecule has 0 aromatic heterocycles. The van der Waals surface area contributed by atoms with Gasteiger partial charge in [-0.3, -0.25) is 0 Å². The average Bonchev–Trinajstić information content (AvgIpc) is 3.09. The first-order valence-electron chi connectivity index (χ1n) is 7.60. The van der Waals surface area contributed by atoms with E-state index in [0.29, 0.717) is 0 Å². The fourth-order valence-electron chi connectivity index (χ4n) is 2.41. The molecule has 16 heavy (non-hydrogen) atoms. The normalized spacial score (nSPS) is 17.6. The van der Waals surface area contributed by atoms with E-state index in [1.165, 1.54) is 70.8 Å². The molecule has 1 atom stereocenters. The van der Waals surface area contributed by atoms with Gasteiger partial charge in [-0.2, -0.15) is 0 Å². The minimum Gasteiger partial charge on any atom is -0.314 e. The number of rotatable bonds is 11. The molecule has 0 aliphatic heterocycles. The van der Waals surface area contributed by atoms with Crippen LogP contribution in [0.25, 0.3) is 0 Å². The zero-order valence-corrected chi connectivity index (χ0v) is 11.4. The molecule has 0 aromatic carbocycles. The average molecular weight is 225 g/mol. The first-order valence-corrected chi connectivity index (χ1v) is 7.60. The SMILES string of the molecule is CCCCCCCC(CCC)CNC1CC1. The van der Waals surface area contributed by atoms with Gasteiger partial charge in [0, 0.05) is 6.04 Å². The van der Waals surface area contributed by atoms with E-state index >= 15 is 0 Å². The van der Waals surface area contributed by atoms with Crippen LogP contribution in [0.3, 0.4) is 0 Å². The van der Waals surface area contributed by atoms with Crippen molar-refractivity contribution < 1.29 is 0 Å². The van der Waals surface area contributed by atoms with Crippen LogP contribution in [0, 0.1) is 5.92 Å². The molecule has 1 aliphatic rings. The summed E-state index contributed by atoms with van der Waals surface area (Å²) in [6.45, 7) is 5.90. The van der Waals surface area contributed by atoms with Crippen LogP contribution in [0.5, 0.6) is 0 Å². The quantitative estimate of drug-likeness (QED) is 0.510. The molecular formula is C15H31N. The van der Waals surface area contributed by atoms with Crippen molar-refractivity contribution in [3.05, 3.63) is 0 Å². The second-order valence-corrected chi connectivity index (χ2v) is 5.54. The van der Waals surface area contributed by atoms with Crippen molar-refractivity contribution in [3.63, 3.8) is 0 Å².